The minimum absolute atomic E-state index is 0.0343. The molecule has 6 heteroatoms. The normalized spacial score (nSPS) is 16.2. The van der Waals surface area contributed by atoms with Crippen LogP contribution >= 0.6 is 23.1 Å². The second-order valence-corrected chi connectivity index (χ2v) is 9.95. The fourth-order valence-electron chi connectivity index (χ4n) is 3.81. The van der Waals surface area contributed by atoms with Crippen LogP contribution in [0.2, 0.25) is 0 Å². The summed E-state index contributed by atoms with van der Waals surface area (Å²) in [6, 6.07) is 20.6. The fraction of sp³-hybridized carbons (Fsp3) is 0.280. The number of aryl methyl sites for hydroxylation is 1. The van der Waals surface area contributed by atoms with Crippen LogP contribution in [0.5, 0.6) is 0 Å². The Kier molecular flexibility index (Phi) is 5.94. The van der Waals surface area contributed by atoms with Crippen LogP contribution in [0.15, 0.2) is 70.6 Å². The van der Waals surface area contributed by atoms with Gasteiger partial charge in [-0.25, -0.2) is 4.98 Å². The average molecular weight is 449 g/mol. The van der Waals surface area contributed by atoms with Gasteiger partial charge in [-0.1, -0.05) is 71.9 Å². The van der Waals surface area contributed by atoms with Gasteiger partial charge in [-0.05, 0) is 37.0 Å². The van der Waals surface area contributed by atoms with Crippen molar-refractivity contribution in [2.75, 3.05) is 12.4 Å². The summed E-state index contributed by atoms with van der Waals surface area (Å²) in [5, 5.41) is 0.769. The molecule has 0 N–H and O–H groups in total. The van der Waals surface area contributed by atoms with E-state index in [-0.39, 0.29) is 11.7 Å². The van der Waals surface area contributed by atoms with Gasteiger partial charge in [-0.2, -0.15) is 0 Å². The van der Waals surface area contributed by atoms with Crippen molar-refractivity contribution in [2.24, 2.45) is 0 Å². The molecule has 3 heterocycles. The molecule has 1 aliphatic heterocycles. The number of benzene rings is 2. The van der Waals surface area contributed by atoms with E-state index in [1.807, 2.05) is 22.8 Å². The Hall–Kier alpha value is -2.41. The molecule has 4 aromatic rings. The predicted molar refractivity (Wildman–Crippen MR) is 129 cm³/mol. The number of aromatic nitrogens is 2. The van der Waals surface area contributed by atoms with Gasteiger partial charge in [0, 0.05) is 17.2 Å². The zero-order valence-corrected chi connectivity index (χ0v) is 19.0. The van der Waals surface area contributed by atoms with Gasteiger partial charge in [-0.3, -0.25) is 9.36 Å². The highest BCUT2D eigenvalue weighted by atomic mass is 32.2. The number of thioether (sulfide) groups is 1. The maximum absolute atomic E-state index is 13.5. The molecule has 158 valence electrons. The van der Waals surface area contributed by atoms with Gasteiger partial charge in [0.25, 0.3) is 5.56 Å². The number of hydrogen-bond acceptors (Lipinski definition) is 5. The number of nitrogens with zero attached hydrogens (tertiary/aromatic N) is 2. The molecule has 1 saturated heterocycles. The predicted octanol–water partition coefficient (Wildman–Crippen LogP) is 5.75. The average Bonchev–Trinajstić information content (AvgIpc) is 3.46. The van der Waals surface area contributed by atoms with E-state index in [2.05, 4.69) is 49.4 Å². The molecule has 2 aromatic carbocycles. The zero-order chi connectivity index (χ0) is 21.2. The highest BCUT2D eigenvalue weighted by Crippen LogP contribution is 2.33. The van der Waals surface area contributed by atoms with Crippen molar-refractivity contribution in [1.29, 1.82) is 0 Å². The number of hydrogen-bond donors (Lipinski definition) is 0. The first-order chi connectivity index (χ1) is 15.2. The first-order valence-corrected chi connectivity index (χ1v) is 12.4. The Morgan fingerprint density at radius 1 is 1.16 bits per heavy atom. The fourth-order valence-corrected chi connectivity index (χ4v) is 5.92. The van der Waals surface area contributed by atoms with Gasteiger partial charge in [0.15, 0.2) is 5.16 Å². The van der Waals surface area contributed by atoms with E-state index in [4.69, 9.17) is 9.72 Å². The van der Waals surface area contributed by atoms with Crippen molar-refractivity contribution < 1.29 is 4.74 Å². The Morgan fingerprint density at radius 2 is 1.97 bits per heavy atom. The Labute approximate surface area is 189 Å². The number of thiophene rings is 1. The standard InChI is InChI=1S/C25H24N2O2S2/c1-17-9-11-19(12-10-17)22-14-21-23(31-22)24(28)27(15-18-6-3-2-4-7-18)25(26-21)30-16-20-8-5-13-29-20/h2-4,6-7,9-12,14,20H,5,8,13,15-16H2,1H3/t20-/m1/s1. The maximum Gasteiger partial charge on any atom is 0.272 e. The van der Waals surface area contributed by atoms with Crippen molar-refractivity contribution in [3.05, 3.63) is 82.1 Å². The van der Waals surface area contributed by atoms with E-state index in [1.54, 1.807) is 11.8 Å². The molecule has 0 spiro atoms. The third-order valence-electron chi connectivity index (χ3n) is 5.54. The molecular weight excluding hydrogens is 424 g/mol. The van der Waals surface area contributed by atoms with Crippen LogP contribution in [0.4, 0.5) is 0 Å². The van der Waals surface area contributed by atoms with Gasteiger partial charge in [0.05, 0.1) is 18.2 Å². The maximum atomic E-state index is 13.5. The highest BCUT2D eigenvalue weighted by Gasteiger charge is 2.20. The number of ether oxygens (including phenoxy) is 1. The van der Waals surface area contributed by atoms with Crippen LogP contribution in [0, 0.1) is 6.92 Å². The molecular formula is C25H24N2O2S2. The van der Waals surface area contributed by atoms with E-state index >= 15 is 0 Å². The molecule has 31 heavy (non-hydrogen) atoms. The minimum Gasteiger partial charge on any atom is -0.377 e. The lowest BCUT2D eigenvalue weighted by atomic mass is 10.1. The summed E-state index contributed by atoms with van der Waals surface area (Å²) in [5.41, 5.74) is 4.26. The zero-order valence-electron chi connectivity index (χ0n) is 17.4. The summed E-state index contributed by atoms with van der Waals surface area (Å²) in [6.07, 6.45) is 2.43. The van der Waals surface area contributed by atoms with Gasteiger partial charge in [0.1, 0.15) is 4.70 Å². The van der Waals surface area contributed by atoms with Gasteiger partial charge in [-0.15, -0.1) is 11.3 Å². The Morgan fingerprint density at radius 3 is 2.71 bits per heavy atom. The topological polar surface area (TPSA) is 44.1 Å². The van der Waals surface area contributed by atoms with Gasteiger partial charge >= 0.3 is 0 Å². The molecule has 0 aliphatic carbocycles. The summed E-state index contributed by atoms with van der Waals surface area (Å²) < 4.78 is 8.33. The first-order valence-electron chi connectivity index (χ1n) is 10.6. The highest BCUT2D eigenvalue weighted by molar-refractivity contribution is 7.99. The van der Waals surface area contributed by atoms with E-state index < -0.39 is 0 Å². The summed E-state index contributed by atoms with van der Waals surface area (Å²) in [5.74, 6) is 0.821. The second kappa shape index (κ2) is 8.99. The lowest BCUT2D eigenvalue weighted by Gasteiger charge is -2.14. The molecule has 5 rings (SSSR count). The third-order valence-corrected chi connectivity index (χ3v) is 7.81. The quantitative estimate of drug-likeness (QED) is 0.278. The first kappa shape index (κ1) is 20.5. The van der Waals surface area contributed by atoms with Crippen LogP contribution in [-0.2, 0) is 11.3 Å². The molecule has 1 fully saturated rings. The van der Waals surface area contributed by atoms with Gasteiger partial charge < -0.3 is 4.74 Å². The molecule has 1 atom stereocenters. The minimum atomic E-state index is 0.0343. The molecule has 1 aliphatic rings. The van der Waals surface area contributed by atoms with Crippen molar-refractivity contribution in [3.63, 3.8) is 0 Å². The van der Waals surface area contributed by atoms with Crippen molar-refractivity contribution >= 4 is 33.3 Å². The molecule has 0 bridgehead atoms. The summed E-state index contributed by atoms with van der Waals surface area (Å²) in [6.45, 7) is 3.43. The Balaban J connectivity index is 1.56. The van der Waals surface area contributed by atoms with E-state index in [0.717, 1.165) is 51.9 Å². The van der Waals surface area contributed by atoms with Crippen LogP contribution in [0.1, 0.15) is 24.0 Å². The van der Waals surface area contributed by atoms with Crippen molar-refractivity contribution in [2.45, 2.75) is 37.6 Å². The van der Waals surface area contributed by atoms with Crippen LogP contribution in [0.25, 0.3) is 20.7 Å². The molecule has 4 nitrogen and oxygen atoms in total. The third kappa shape index (κ3) is 4.47. The second-order valence-electron chi connectivity index (χ2n) is 7.91. The van der Waals surface area contributed by atoms with Crippen LogP contribution < -0.4 is 5.56 Å². The van der Waals surface area contributed by atoms with Crippen LogP contribution in [0.3, 0.4) is 0 Å². The molecule has 0 amide bonds. The van der Waals surface area contributed by atoms with Crippen molar-refractivity contribution in [1.82, 2.24) is 9.55 Å². The van der Waals surface area contributed by atoms with E-state index in [1.165, 1.54) is 16.9 Å². The lowest BCUT2D eigenvalue weighted by Crippen LogP contribution is -2.23. The summed E-state index contributed by atoms with van der Waals surface area (Å²) in [4.78, 5) is 19.6. The summed E-state index contributed by atoms with van der Waals surface area (Å²) in [7, 11) is 0. The van der Waals surface area contributed by atoms with Crippen LogP contribution in [-0.4, -0.2) is 28.0 Å². The molecule has 2 aromatic heterocycles. The number of fused-ring (bicyclic) bond motifs is 1. The lowest BCUT2D eigenvalue weighted by molar-refractivity contribution is 0.129. The van der Waals surface area contributed by atoms with Gasteiger partial charge in [0.2, 0.25) is 0 Å². The monoisotopic (exact) mass is 448 g/mol. The van der Waals surface area contributed by atoms with E-state index in [0.29, 0.717) is 11.2 Å². The molecule has 0 radical (unpaired) electrons. The van der Waals surface area contributed by atoms with Crippen molar-refractivity contribution in [3.8, 4) is 10.4 Å². The SMILES string of the molecule is Cc1ccc(-c2cc3nc(SC[C@H]4CCCO4)n(Cc4ccccc4)c(=O)c3s2)cc1. The smallest absolute Gasteiger partial charge is 0.272 e. The Bertz CT molecular complexity index is 1240. The van der Waals surface area contributed by atoms with E-state index in [9.17, 15) is 4.79 Å². The summed E-state index contributed by atoms with van der Waals surface area (Å²) >= 11 is 3.16. The molecule has 0 saturated carbocycles. The number of rotatable bonds is 6. The largest absolute Gasteiger partial charge is 0.377 e. The molecule has 0 unspecified atom stereocenters.